The van der Waals surface area contributed by atoms with Gasteiger partial charge in [-0.2, -0.15) is 5.26 Å². The highest BCUT2D eigenvalue weighted by Gasteiger charge is 2.18. The van der Waals surface area contributed by atoms with E-state index in [1.165, 1.54) is 0 Å². The molecule has 2 N–H and O–H groups in total. The Labute approximate surface area is 73.4 Å². The lowest BCUT2D eigenvalue weighted by Gasteiger charge is -2.25. The lowest BCUT2D eigenvalue weighted by molar-refractivity contribution is 0.108. The van der Waals surface area contributed by atoms with Crippen molar-refractivity contribution in [2.45, 2.75) is 31.8 Å². The third-order valence-corrected chi connectivity index (χ3v) is 2.45. The van der Waals surface area contributed by atoms with Crippen molar-refractivity contribution in [2.75, 3.05) is 13.1 Å². The predicted molar refractivity (Wildman–Crippen MR) is 46.4 cm³/mol. The molecule has 3 heteroatoms. The topological polar surface area (TPSA) is 56.0 Å². The zero-order chi connectivity index (χ0) is 8.81. The van der Waals surface area contributed by atoms with Crippen molar-refractivity contribution in [3.8, 4) is 6.07 Å². The van der Waals surface area contributed by atoms with E-state index in [2.05, 4.69) is 11.4 Å². The molecule has 0 bridgehead atoms. The quantitative estimate of drug-likeness (QED) is 0.480. The molecule has 68 valence electrons. The Balaban J connectivity index is 2.06. The van der Waals surface area contributed by atoms with Gasteiger partial charge in [-0.05, 0) is 38.1 Å². The second-order valence-corrected chi connectivity index (χ2v) is 3.46. The average Bonchev–Trinajstić information content (AvgIpc) is 2.09. The predicted octanol–water partition coefficient (Wildman–Crippen LogP) is 0.651. The highest BCUT2D eigenvalue weighted by atomic mass is 16.3. The molecule has 1 aliphatic rings. The molecule has 1 saturated carbocycles. The van der Waals surface area contributed by atoms with Crippen LogP contribution in [0.1, 0.15) is 25.7 Å². The number of nitrogens with one attached hydrogen (secondary N) is 1. The van der Waals surface area contributed by atoms with Crippen LogP contribution in [0.4, 0.5) is 0 Å². The number of aliphatic hydroxyl groups is 1. The largest absolute Gasteiger partial charge is 0.393 e. The Morgan fingerprint density at radius 2 is 2.00 bits per heavy atom. The fraction of sp³-hybridized carbons (Fsp3) is 0.889. The normalized spacial score (nSPS) is 29.7. The van der Waals surface area contributed by atoms with Gasteiger partial charge in [0, 0.05) is 0 Å². The molecule has 0 spiro atoms. The molecule has 1 rings (SSSR count). The average molecular weight is 168 g/mol. The molecule has 1 fully saturated rings. The number of nitriles is 1. The van der Waals surface area contributed by atoms with Gasteiger partial charge in [0.25, 0.3) is 0 Å². The van der Waals surface area contributed by atoms with Crippen LogP contribution in [0.15, 0.2) is 0 Å². The van der Waals surface area contributed by atoms with E-state index in [4.69, 9.17) is 5.26 Å². The van der Waals surface area contributed by atoms with Crippen molar-refractivity contribution >= 4 is 0 Å². The highest BCUT2D eigenvalue weighted by Crippen LogP contribution is 2.23. The summed E-state index contributed by atoms with van der Waals surface area (Å²) < 4.78 is 0. The van der Waals surface area contributed by atoms with Gasteiger partial charge in [0.1, 0.15) is 0 Å². The van der Waals surface area contributed by atoms with Crippen molar-refractivity contribution in [1.29, 1.82) is 5.26 Å². The first kappa shape index (κ1) is 9.50. The van der Waals surface area contributed by atoms with Crippen LogP contribution in [0, 0.1) is 17.2 Å². The van der Waals surface area contributed by atoms with Gasteiger partial charge in [-0.3, -0.25) is 0 Å². The second-order valence-electron chi connectivity index (χ2n) is 3.46. The van der Waals surface area contributed by atoms with Crippen LogP contribution in [0.2, 0.25) is 0 Å². The van der Waals surface area contributed by atoms with Gasteiger partial charge < -0.3 is 10.4 Å². The summed E-state index contributed by atoms with van der Waals surface area (Å²) >= 11 is 0. The first-order valence-electron chi connectivity index (χ1n) is 4.58. The minimum Gasteiger partial charge on any atom is -0.393 e. The van der Waals surface area contributed by atoms with Crippen molar-refractivity contribution in [3.63, 3.8) is 0 Å². The number of aliphatic hydroxyl groups excluding tert-OH is 1. The van der Waals surface area contributed by atoms with Crippen molar-refractivity contribution < 1.29 is 5.11 Å². The van der Waals surface area contributed by atoms with Crippen LogP contribution in [0.5, 0.6) is 0 Å². The van der Waals surface area contributed by atoms with E-state index in [0.29, 0.717) is 12.5 Å². The number of nitrogens with zero attached hydrogens (tertiary/aromatic N) is 1. The van der Waals surface area contributed by atoms with Gasteiger partial charge in [-0.25, -0.2) is 0 Å². The molecular weight excluding hydrogens is 152 g/mol. The highest BCUT2D eigenvalue weighted by molar-refractivity contribution is 4.77. The molecular formula is C9H16N2O. The fourth-order valence-corrected chi connectivity index (χ4v) is 1.68. The molecule has 0 unspecified atom stereocenters. The first-order chi connectivity index (χ1) is 5.83. The molecule has 3 nitrogen and oxygen atoms in total. The summed E-state index contributed by atoms with van der Waals surface area (Å²) in [4.78, 5) is 0. The number of rotatable bonds is 3. The summed E-state index contributed by atoms with van der Waals surface area (Å²) in [5.74, 6) is 0.668. The molecule has 0 heterocycles. The molecule has 0 radical (unpaired) electrons. The monoisotopic (exact) mass is 168 g/mol. The Morgan fingerprint density at radius 3 is 2.58 bits per heavy atom. The van der Waals surface area contributed by atoms with E-state index in [0.717, 1.165) is 32.2 Å². The third-order valence-electron chi connectivity index (χ3n) is 2.45. The minimum absolute atomic E-state index is 0.0720. The summed E-state index contributed by atoms with van der Waals surface area (Å²) in [7, 11) is 0. The summed E-state index contributed by atoms with van der Waals surface area (Å²) in [5.41, 5.74) is 0. The third kappa shape index (κ3) is 3.21. The standard InChI is InChI=1S/C9H16N2O/c10-5-6-11-7-8-1-3-9(12)4-2-8/h8-9,11-12H,1-4,6-7H2. The van der Waals surface area contributed by atoms with Crippen LogP contribution in [-0.2, 0) is 0 Å². The van der Waals surface area contributed by atoms with Gasteiger partial charge in [0.15, 0.2) is 0 Å². The van der Waals surface area contributed by atoms with Crippen LogP contribution < -0.4 is 5.32 Å². The van der Waals surface area contributed by atoms with Gasteiger partial charge in [0.2, 0.25) is 0 Å². The van der Waals surface area contributed by atoms with Crippen molar-refractivity contribution in [2.24, 2.45) is 5.92 Å². The van der Waals surface area contributed by atoms with Crippen LogP contribution in [0.3, 0.4) is 0 Å². The number of hydrogen-bond acceptors (Lipinski definition) is 3. The lowest BCUT2D eigenvalue weighted by atomic mass is 9.87. The van der Waals surface area contributed by atoms with Crippen molar-refractivity contribution in [1.82, 2.24) is 5.32 Å². The second kappa shape index (κ2) is 5.13. The molecule has 0 aromatic rings. The molecule has 1 aliphatic carbocycles. The molecule has 0 aliphatic heterocycles. The van der Waals surface area contributed by atoms with Crippen LogP contribution in [0.25, 0.3) is 0 Å². The van der Waals surface area contributed by atoms with Gasteiger partial charge >= 0.3 is 0 Å². The van der Waals surface area contributed by atoms with Gasteiger partial charge in [0.05, 0.1) is 18.7 Å². The van der Waals surface area contributed by atoms with E-state index >= 15 is 0 Å². The van der Waals surface area contributed by atoms with E-state index in [9.17, 15) is 5.11 Å². The number of hydrogen-bond donors (Lipinski definition) is 2. The summed E-state index contributed by atoms with van der Waals surface area (Å²) in [6.45, 7) is 1.37. The molecule has 0 amide bonds. The molecule has 0 saturated heterocycles. The van der Waals surface area contributed by atoms with Gasteiger partial charge in [-0.1, -0.05) is 0 Å². The lowest BCUT2D eigenvalue weighted by Crippen LogP contribution is -2.28. The fourth-order valence-electron chi connectivity index (χ4n) is 1.68. The van der Waals surface area contributed by atoms with Gasteiger partial charge in [-0.15, -0.1) is 0 Å². The Hall–Kier alpha value is -0.590. The maximum absolute atomic E-state index is 9.23. The Kier molecular flexibility index (Phi) is 4.06. The summed E-state index contributed by atoms with van der Waals surface area (Å²) in [5, 5.41) is 20.6. The van der Waals surface area contributed by atoms with Crippen molar-refractivity contribution in [3.05, 3.63) is 0 Å². The maximum atomic E-state index is 9.23. The molecule has 0 aromatic carbocycles. The molecule has 0 aromatic heterocycles. The summed E-state index contributed by atoms with van der Waals surface area (Å²) in [6.07, 6.45) is 3.98. The molecule has 12 heavy (non-hydrogen) atoms. The zero-order valence-corrected chi connectivity index (χ0v) is 7.29. The zero-order valence-electron chi connectivity index (χ0n) is 7.29. The van der Waals surface area contributed by atoms with E-state index in [1.54, 1.807) is 0 Å². The summed E-state index contributed by atoms with van der Waals surface area (Å²) in [6, 6.07) is 2.06. The van der Waals surface area contributed by atoms with E-state index in [1.807, 2.05) is 0 Å². The van der Waals surface area contributed by atoms with E-state index < -0.39 is 0 Å². The van der Waals surface area contributed by atoms with Crippen LogP contribution in [-0.4, -0.2) is 24.3 Å². The Bertz CT molecular complexity index is 156. The van der Waals surface area contributed by atoms with E-state index in [-0.39, 0.29) is 6.10 Å². The first-order valence-corrected chi connectivity index (χ1v) is 4.58. The molecule has 0 atom stereocenters. The SMILES string of the molecule is N#CCNCC1CCC(O)CC1. The minimum atomic E-state index is -0.0720. The Morgan fingerprint density at radius 1 is 1.33 bits per heavy atom. The smallest absolute Gasteiger partial charge is 0.0841 e. The van der Waals surface area contributed by atoms with Crippen LogP contribution >= 0.6 is 0 Å². The maximum Gasteiger partial charge on any atom is 0.0841 e.